The Kier molecular flexibility index (Phi) is 3.51. The van der Waals surface area contributed by atoms with Crippen molar-refractivity contribution < 1.29 is 4.79 Å². The van der Waals surface area contributed by atoms with Gasteiger partial charge in [-0.15, -0.1) is 11.3 Å². The monoisotopic (exact) mass is 247 g/mol. The number of rotatable bonds is 3. The van der Waals surface area contributed by atoms with Gasteiger partial charge in [-0.1, -0.05) is 12.1 Å². The molecule has 0 spiro atoms. The van der Waals surface area contributed by atoms with E-state index >= 15 is 0 Å². The summed E-state index contributed by atoms with van der Waals surface area (Å²) in [6.07, 6.45) is 1.76. The molecule has 2 aromatic rings. The first kappa shape index (κ1) is 11.8. The normalized spacial score (nSPS) is 12.1. The van der Waals surface area contributed by atoms with Gasteiger partial charge in [-0.2, -0.15) is 0 Å². The van der Waals surface area contributed by atoms with Gasteiger partial charge in [-0.3, -0.25) is 4.79 Å². The van der Waals surface area contributed by atoms with Gasteiger partial charge in [0.2, 0.25) is 5.91 Å². The number of amides is 1. The summed E-state index contributed by atoms with van der Waals surface area (Å²) in [6.45, 7) is 1.65. The zero-order chi connectivity index (χ0) is 12.3. The molecule has 0 saturated heterocycles. The molecular weight excluding hydrogens is 234 g/mol. The van der Waals surface area contributed by atoms with Gasteiger partial charge in [0, 0.05) is 22.8 Å². The Labute approximate surface area is 103 Å². The first-order chi connectivity index (χ1) is 8.16. The molecule has 0 aliphatic rings. The second kappa shape index (κ2) is 5.07. The smallest absolute Gasteiger partial charge is 0.240 e. The van der Waals surface area contributed by atoms with E-state index < -0.39 is 6.04 Å². The highest BCUT2D eigenvalue weighted by atomic mass is 32.1. The summed E-state index contributed by atoms with van der Waals surface area (Å²) in [5.74, 6) is -0.193. The van der Waals surface area contributed by atoms with Crippen LogP contribution in [-0.2, 0) is 4.79 Å². The second-order valence-corrected chi connectivity index (χ2v) is 4.59. The third kappa shape index (κ3) is 2.89. The molecule has 1 aromatic carbocycles. The van der Waals surface area contributed by atoms with Gasteiger partial charge < -0.3 is 11.1 Å². The minimum atomic E-state index is -0.515. The molecule has 2 rings (SSSR count). The number of anilines is 1. The number of nitrogens with one attached hydrogen (secondary N) is 1. The van der Waals surface area contributed by atoms with Crippen LogP contribution in [0.2, 0.25) is 0 Å². The molecule has 0 aliphatic carbocycles. The molecular formula is C12H13N3OS. The van der Waals surface area contributed by atoms with Gasteiger partial charge in [-0.05, 0) is 19.1 Å². The average Bonchev–Trinajstić information content (AvgIpc) is 2.82. The van der Waals surface area contributed by atoms with E-state index in [1.54, 1.807) is 24.5 Å². The van der Waals surface area contributed by atoms with E-state index in [0.717, 1.165) is 16.3 Å². The number of nitrogens with two attached hydrogens (primary N) is 1. The molecule has 1 atom stereocenters. The van der Waals surface area contributed by atoms with E-state index in [4.69, 9.17) is 5.73 Å². The fraction of sp³-hybridized carbons (Fsp3) is 0.167. The molecule has 1 heterocycles. The SMILES string of the molecule is CC(N)C(=O)Nc1cccc(-c2nccs2)c1. The fourth-order valence-electron chi connectivity index (χ4n) is 1.35. The molecule has 0 saturated carbocycles. The Hall–Kier alpha value is -1.72. The van der Waals surface area contributed by atoms with Crippen LogP contribution >= 0.6 is 11.3 Å². The standard InChI is InChI=1S/C12H13N3OS/c1-8(13)11(16)15-10-4-2-3-9(7-10)12-14-5-6-17-12/h2-8H,13H2,1H3,(H,15,16). The number of nitrogens with zero attached hydrogens (tertiary/aromatic N) is 1. The van der Waals surface area contributed by atoms with Crippen molar-refractivity contribution in [2.45, 2.75) is 13.0 Å². The van der Waals surface area contributed by atoms with Gasteiger partial charge in [0.05, 0.1) is 6.04 Å². The Balaban J connectivity index is 2.20. The van der Waals surface area contributed by atoms with Crippen LogP contribution < -0.4 is 11.1 Å². The maximum Gasteiger partial charge on any atom is 0.240 e. The van der Waals surface area contributed by atoms with Crippen LogP contribution in [0.5, 0.6) is 0 Å². The Morgan fingerprint density at radius 1 is 1.53 bits per heavy atom. The van der Waals surface area contributed by atoms with E-state index in [0.29, 0.717) is 0 Å². The highest BCUT2D eigenvalue weighted by molar-refractivity contribution is 7.13. The lowest BCUT2D eigenvalue weighted by Crippen LogP contribution is -2.32. The van der Waals surface area contributed by atoms with Crippen molar-refractivity contribution in [2.24, 2.45) is 5.73 Å². The topological polar surface area (TPSA) is 68.0 Å². The van der Waals surface area contributed by atoms with Crippen molar-refractivity contribution in [1.82, 2.24) is 4.98 Å². The first-order valence-corrected chi connectivity index (χ1v) is 6.11. The fourth-order valence-corrected chi connectivity index (χ4v) is 1.99. The summed E-state index contributed by atoms with van der Waals surface area (Å²) in [6, 6.07) is 7.04. The summed E-state index contributed by atoms with van der Waals surface area (Å²) in [4.78, 5) is 15.7. The maximum absolute atomic E-state index is 11.5. The van der Waals surface area contributed by atoms with Crippen molar-refractivity contribution in [3.63, 3.8) is 0 Å². The lowest BCUT2D eigenvalue weighted by atomic mass is 10.2. The molecule has 88 valence electrons. The molecule has 4 nitrogen and oxygen atoms in total. The number of hydrogen-bond acceptors (Lipinski definition) is 4. The molecule has 5 heteroatoms. The van der Waals surface area contributed by atoms with Gasteiger partial charge in [0.15, 0.2) is 0 Å². The minimum Gasteiger partial charge on any atom is -0.325 e. The number of hydrogen-bond donors (Lipinski definition) is 2. The maximum atomic E-state index is 11.5. The third-order valence-electron chi connectivity index (χ3n) is 2.22. The second-order valence-electron chi connectivity index (χ2n) is 3.70. The third-order valence-corrected chi connectivity index (χ3v) is 3.05. The van der Waals surface area contributed by atoms with Gasteiger partial charge >= 0.3 is 0 Å². The van der Waals surface area contributed by atoms with Gasteiger partial charge in [0.1, 0.15) is 5.01 Å². The van der Waals surface area contributed by atoms with E-state index in [-0.39, 0.29) is 5.91 Å². The molecule has 0 bridgehead atoms. The molecule has 1 aromatic heterocycles. The number of aromatic nitrogens is 1. The predicted molar refractivity (Wildman–Crippen MR) is 69.8 cm³/mol. The molecule has 0 radical (unpaired) electrons. The van der Waals surface area contributed by atoms with Crippen LogP contribution in [0, 0.1) is 0 Å². The van der Waals surface area contributed by atoms with Gasteiger partial charge in [-0.25, -0.2) is 4.98 Å². The van der Waals surface area contributed by atoms with Crippen LogP contribution in [0.3, 0.4) is 0 Å². The van der Waals surface area contributed by atoms with E-state index in [9.17, 15) is 4.79 Å². The number of carbonyl (C=O) groups excluding carboxylic acids is 1. The Bertz CT molecular complexity index is 508. The summed E-state index contributed by atoms with van der Waals surface area (Å²) < 4.78 is 0. The predicted octanol–water partition coefficient (Wildman–Crippen LogP) is 2.10. The van der Waals surface area contributed by atoms with E-state index in [1.807, 2.05) is 29.6 Å². The van der Waals surface area contributed by atoms with Crippen molar-refractivity contribution in [2.75, 3.05) is 5.32 Å². The van der Waals surface area contributed by atoms with Gasteiger partial charge in [0.25, 0.3) is 0 Å². The Morgan fingerprint density at radius 3 is 3.00 bits per heavy atom. The van der Waals surface area contributed by atoms with Crippen molar-refractivity contribution >= 4 is 22.9 Å². The quantitative estimate of drug-likeness (QED) is 0.872. The zero-order valence-electron chi connectivity index (χ0n) is 9.38. The summed E-state index contributed by atoms with van der Waals surface area (Å²) in [5.41, 5.74) is 7.22. The largest absolute Gasteiger partial charge is 0.325 e. The molecule has 1 amide bonds. The minimum absolute atomic E-state index is 0.193. The van der Waals surface area contributed by atoms with E-state index in [2.05, 4.69) is 10.3 Å². The number of carbonyl (C=O) groups is 1. The molecule has 17 heavy (non-hydrogen) atoms. The summed E-state index contributed by atoms with van der Waals surface area (Å²) in [7, 11) is 0. The van der Waals surface area contributed by atoms with Crippen molar-refractivity contribution in [3.05, 3.63) is 35.8 Å². The van der Waals surface area contributed by atoms with Crippen molar-refractivity contribution in [3.8, 4) is 10.6 Å². The highest BCUT2D eigenvalue weighted by Crippen LogP contribution is 2.24. The average molecular weight is 247 g/mol. The van der Waals surface area contributed by atoms with Crippen molar-refractivity contribution in [1.29, 1.82) is 0 Å². The first-order valence-electron chi connectivity index (χ1n) is 5.23. The lowest BCUT2D eigenvalue weighted by Gasteiger charge is -2.08. The number of benzene rings is 1. The van der Waals surface area contributed by atoms with Crippen LogP contribution in [0.1, 0.15) is 6.92 Å². The van der Waals surface area contributed by atoms with Crippen LogP contribution in [0.4, 0.5) is 5.69 Å². The number of thiazole rings is 1. The molecule has 1 unspecified atom stereocenters. The van der Waals surface area contributed by atoms with E-state index in [1.165, 1.54) is 0 Å². The molecule has 3 N–H and O–H groups in total. The Morgan fingerprint density at radius 2 is 2.35 bits per heavy atom. The lowest BCUT2D eigenvalue weighted by molar-refractivity contribution is -0.117. The summed E-state index contributed by atoms with van der Waals surface area (Å²) in [5, 5.41) is 5.61. The van der Waals surface area contributed by atoms with Crippen LogP contribution in [0.25, 0.3) is 10.6 Å². The van der Waals surface area contributed by atoms with Crippen LogP contribution in [-0.4, -0.2) is 16.9 Å². The summed E-state index contributed by atoms with van der Waals surface area (Å²) >= 11 is 1.56. The zero-order valence-corrected chi connectivity index (χ0v) is 10.2. The molecule has 0 aliphatic heterocycles. The highest BCUT2D eigenvalue weighted by Gasteiger charge is 2.08. The van der Waals surface area contributed by atoms with Crippen LogP contribution in [0.15, 0.2) is 35.8 Å². The molecule has 0 fully saturated rings.